The molecule has 0 spiro atoms. The van der Waals surface area contributed by atoms with Crippen LogP contribution in [0.3, 0.4) is 0 Å². The van der Waals surface area contributed by atoms with E-state index >= 15 is 0 Å². The number of carbonyl (C=O) groups excluding carboxylic acids is 1. The van der Waals surface area contributed by atoms with Crippen LogP contribution < -0.4 is 4.90 Å². The summed E-state index contributed by atoms with van der Waals surface area (Å²) in [5, 5.41) is 0.764. The first-order valence-electron chi connectivity index (χ1n) is 10.5. The molecule has 0 bridgehead atoms. The number of benzene rings is 2. The van der Waals surface area contributed by atoms with E-state index in [4.69, 9.17) is 4.74 Å². The van der Waals surface area contributed by atoms with Gasteiger partial charge in [0.15, 0.2) is 0 Å². The fraction of sp³-hybridized carbons (Fsp3) is 0.333. The second-order valence-corrected chi connectivity index (χ2v) is 9.76. The minimum atomic E-state index is -3.80. The van der Waals surface area contributed by atoms with Crippen LogP contribution in [-0.2, 0) is 19.4 Å². The number of anilines is 1. The maximum atomic E-state index is 13.6. The second kappa shape index (κ2) is 8.67. The van der Waals surface area contributed by atoms with E-state index in [1.165, 1.54) is 6.20 Å². The van der Waals surface area contributed by atoms with Crippen LogP contribution in [0, 0.1) is 12.8 Å². The first-order chi connectivity index (χ1) is 14.9. The normalized spacial score (nSPS) is 17.0. The van der Waals surface area contributed by atoms with Gasteiger partial charge < -0.3 is 9.64 Å². The van der Waals surface area contributed by atoms with E-state index in [0.717, 1.165) is 29.3 Å². The van der Waals surface area contributed by atoms with Gasteiger partial charge in [0, 0.05) is 24.7 Å². The van der Waals surface area contributed by atoms with E-state index in [-0.39, 0.29) is 21.7 Å². The Kier molecular flexibility index (Phi) is 5.96. The number of sulfone groups is 1. The molecule has 1 aromatic heterocycles. The van der Waals surface area contributed by atoms with E-state index < -0.39 is 9.84 Å². The summed E-state index contributed by atoms with van der Waals surface area (Å²) in [6.45, 7) is 5.13. The number of ether oxygens (including phenoxy) is 1. The highest BCUT2D eigenvalue weighted by Crippen LogP contribution is 2.37. The molecule has 1 aliphatic rings. The van der Waals surface area contributed by atoms with Crippen LogP contribution >= 0.6 is 0 Å². The number of rotatable bonds is 5. The molecule has 0 N–H and O–H groups in total. The predicted octanol–water partition coefficient (Wildman–Crippen LogP) is 4.16. The molecule has 3 aromatic rings. The summed E-state index contributed by atoms with van der Waals surface area (Å²) in [4.78, 5) is 19.2. The Hall–Kier alpha value is -2.93. The number of pyridine rings is 1. The molecule has 0 saturated carbocycles. The van der Waals surface area contributed by atoms with Crippen molar-refractivity contribution < 1.29 is 17.9 Å². The van der Waals surface area contributed by atoms with Crippen LogP contribution in [-0.4, -0.2) is 39.1 Å². The number of hydrogen-bond acceptors (Lipinski definition) is 6. The van der Waals surface area contributed by atoms with Gasteiger partial charge in [0.25, 0.3) is 0 Å². The molecule has 0 amide bonds. The Morgan fingerprint density at radius 2 is 1.90 bits per heavy atom. The number of aryl methyl sites for hydroxylation is 1. The van der Waals surface area contributed by atoms with Gasteiger partial charge in [-0.1, -0.05) is 35.9 Å². The van der Waals surface area contributed by atoms with E-state index in [1.807, 2.05) is 36.1 Å². The zero-order valence-corrected chi connectivity index (χ0v) is 18.6. The molecule has 1 saturated heterocycles. The van der Waals surface area contributed by atoms with Crippen molar-refractivity contribution in [2.45, 2.75) is 36.5 Å². The van der Waals surface area contributed by atoms with Gasteiger partial charge in [0.1, 0.15) is 4.90 Å². The Balaban J connectivity index is 1.85. The van der Waals surface area contributed by atoms with Crippen molar-refractivity contribution in [2.24, 2.45) is 5.92 Å². The summed E-state index contributed by atoms with van der Waals surface area (Å²) in [7, 11) is -3.80. The maximum Gasteiger partial charge on any atom is 0.310 e. The highest BCUT2D eigenvalue weighted by molar-refractivity contribution is 7.91. The fourth-order valence-corrected chi connectivity index (χ4v) is 5.54. The predicted molar refractivity (Wildman–Crippen MR) is 120 cm³/mol. The number of hydrogen-bond donors (Lipinski definition) is 0. The van der Waals surface area contributed by atoms with Crippen molar-refractivity contribution in [3.05, 3.63) is 60.3 Å². The average molecular weight is 439 g/mol. The van der Waals surface area contributed by atoms with E-state index in [1.54, 1.807) is 31.2 Å². The van der Waals surface area contributed by atoms with Crippen molar-refractivity contribution in [3.8, 4) is 0 Å². The lowest BCUT2D eigenvalue weighted by molar-refractivity contribution is -0.148. The summed E-state index contributed by atoms with van der Waals surface area (Å²) in [5.41, 5.74) is 2.32. The molecule has 1 atom stereocenters. The van der Waals surface area contributed by atoms with Crippen molar-refractivity contribution in [1.82, 2.24) is 4.98 Å². The summed E-state index contributed by atoms with van der Waals surface area (Å²) in [6.07, 6.45) is 2.96. The van der Waals surface area contributed by atoms with Gasteiger partial charge in [0.05, 0.1) is 28.6 Å². The number of para-hydroxylation sites is 1. The number of nitrogens with zero attached hydrogens (tertiary/aromatic N) is 2. The first-order valence-corrected chi connectivity index (χ1v) is 12.0. The van der Waals surface area contributed by atoms with Crippen LogP contribution in [0.1, 0.15) is 25.3 Å². The minimum Gasteiger partial charge on any atom is -0.466 e. The van der Waals surface area contributed by atoms with Crippen molar-refractivity contribution in [3.63, 3.8) is 0 Å². The topological polar surface area (TPSA) is 76.6 Å². The van der Waals surface area contributed by atoms with Crippen LogP contribution in [0.4, 0.5) is 5.69 Å². The largest absolute Gasteiger partial charge is 0.466 e. The molecule has 31 heavy (non-hydrogen) atoms. The van der Waals surface area contributed by atoms with Gasteiger partial charge >= 0.3 is 5.97 Å². The van der Waals surface area contributed by atoms with Crippen LogP contribution in [0.2, 0.25) is 0 Å². The number of esters is 1. The standard InChI is InChI=1S/C24H26N2O4S/c1-3-30-24(27)18-7-6-14-26(16-18)23-20-8-4-5-9-21(20)25-15-22(23)31(28,29)19-12-10-17(2)11-13-19/h4-5,8-13,15,18H,3,6-7,14,16H2,1-2H3. The van der Waals surface area contributed by atoms with Gasteiger partial charge in [-0.25, -0.2) is 8.42 Å². The molecule has 2 heterocycles. The zero-order chi connectivity index (χ0) is 22.0. The van der Waals surface area contributed by atoms with Crippen molar-refractivity contribution in [1.29, 1.82) is 0 Å². The van der Waals surface area contributed by atoms with Crippen LogP contribution in [0.15, 0.2) is 64.5 Å². The Morgan fingerprint density at radius 1 is 1.16 bits per heavy atom. The Bertz CT molecular complexity index is 1210. The summed E-state index contributed by atoms with van der Waals surface area (Å²) < 4.78 is 32.5. The molecule has 1 fully saturated rings. The molecule has 4 rings (SSSR count). The quantitative estimate of drug-likeness (QED) is 0.557. The van der Waals surface area contributed by atoms with Crippen molar-refractivity contribution >= 4 is 32.4 Å². The maximum absolute atomic E-state index is 13.6. The van der Waals surface area contributed by atoms with Crippen molar-refractivity contribution in [2.75, 3.05) is 24.6 Å². The molecular formula is C24H26N2O4S. The van der Waals surface area contributed by atoms with Gasteiger partial charge in [-0.2, -0.15) is 0 Å². The van der Waals surface area contributed by atoms with Gasteiger partial charge in [-0.3, -0.25) is 9.78 Å². The highest BCUT2D eigenvalue weighted by atomic mass is 32.2. The molecule has 2 aromatic carbocycles. The fourth-order valence-electron chi connectivity index (χ4n) is 4.11. The second-order valence-electron chi connectivity index (χ2n) is 7.84. The minimum absolute atomic E-state index is 0.166. The molecule has 1 unspecified atom stereocenters. The monoisotopic (exact) mass is 438 g/mol. The van der Waals surface area contributed by atoms with Gasteiger partial charge in [0.2, 0.25) is 9.84 Å². The van der Waals surface area contributed by atoms with Gasteiger partial charge in [-0.15, -0.1) is 0 Å². The molecule has 162 valence electrons. The van der Waals surface area contributed by atoms with E-state index in [2.05, 4.69) is 4.98 Å². The molecule has 6 nitrogen and oxygen atoms in total. The SMILES string of the molecule is CCOC(=O)C1CCCN(c2c(S(=O)(=O)c3ccc(C)cc3)cnc3ccccc23)C1. The zero-order valence-electron chi connectivity index (χ0n) is 17.7. The van der Waals surface area contributed by atoms with E-state index in [9.17, 15) is 13.2 Å². The lowest BCUT2D eigenvalue weighted by atomic mass is 9.97. The number of carbonyl (C=O) groups is 1. The summed E-state index contributed by atoms with van der Waals surface area (Å²) >= 11 is 0. The number of fused-ring (bicyclic) bond motifs is 1. The molecule has 0 aliphatic carbocycles. The average Bonchev–Trinajstić information content (AvgIpc) is 2.79. The van der Waals surface area contributed by atoms with Crippen LogP contribution in [0.5, 0.6) is 0 Å². The number of aromatic nitrogens is 1. The first kappa shape index (κ1) is 21.3. The third-order valence-electron chi connectivity index (χ3n) is 5.69. The molecule has 1 aliphatic heterocycles. The Labute approximate surface area is 182 Å². The molecule has 0 radical (unpaired) electrons. The lowest BCUT2D eigenvalue weighted by Gasteiger charge is -2.35. The third-order valence-corrected chi connectivity index (χ3v) is 7.46. The molecule has 7 heteroatoms. The van der Waals surface area contributed by atoms with Gasteiger partial charge in [-0.05, 0) is 44.9 Å². The third kappa shape index (κ3) is 4.14. The van der Waals surface area contributed by atoms with Crippen LogP contribution in [0.25, 0.3) is 10.9 Å². The lowest BCUT2D eigenvalue weighted by Crippen LogP contribution is -2.40. The Morgan fingerprint density at radius 3 is 2.65 bits per heavy atom. The summed E-state index contributed by atoms with van der Waals surface area (Å²) in [5.74, 6) is -0.510. The number of piperidine rings is 1. The summed E-state index contributed by atoms with van der Waals surface area (Å²) in [6, 6.07) is 14.3. The molecular weight excluding hydrogens is 412 g/mol. The van der Waals surface area contributed by atoms with E-state index in [0.29, 0.717) is 25.4 Å². The smallest absolute Gasteiger partial charge is 0.310 e. The highest BCUT2D eigenvalue weighted by Gasteiger charge is 2.32.